The van der Waals surface area contributed by atoms with Crippen LogP contribution in [0.1, 0.15) is 45.8 Å². The van der Waals surface area contributed by atoms with Gasteiger partial charge in [-0.05, 0) is 72.7 Å². The van der Waals surface area contributed by atoms with Gasteiger partial charge in [-0.2, -0.15) is 0 Å². The summed E-state index contributed by atoms with van der Waals surface area (Å²) in [6, 6.07) is 10.8. The number of amides is 1. The third-order valence-corrected chi connectivity index (χ3v) is 8.33. The first kappa shape index (κ1) is 31.4. The monoisotopic (exact) mass is 642 g/mol. The topological polar surface area (TPSA) is 117 Å². The molecule has 0 radical (unpaired) electrons. The maximum Gasteiger partial charge on any atom is 0.335 e. The van der Waals surface area contributed by atoms with Gasteiger partial charge < -0.3 is 20.9 Å². The Morgan fingerprint density at radius 1 is 1.18 bits per heavy atom. The second kappa shape index (κ2) is 13.3. The molecule has 5 rings (SSSR count). The van der Waals surface area contributed by atoms with Crippen molar-refractivity contribution in [3.05, 3.63) is 105 Å². The van der Waals surface area contributed by atoms with Gasteiger partial charge >= 0.3 is 5.97 Å². The van der Waals surface area contributed by atoms with Crippen LogP contribution in [0.5, 0.6) is 0 Å². The smallest absolute Gasteiger partial charge is 0.335 e. The van der Waals surface area contributed by atoms with E-state index in [1.54, 1.807) is 18.2 Å². The van der Waals surface area contributed by atoms with E-state index >= 15 is 4.39 Å². The molecule has 12 heteroatoms. The lowest BCUT2D eigenvalue weighted by molar-refractivity contribution is -0.117. The van der Waals surface area contributed by atoms with Crippen LogP contribution in [0.25, 0.3) is 0 Å². The van der Waals surface area contributed by atoms with Gasteiger partial charge in [0.25, 0.3) is 0 Å². The van der Waals surface area contributed by atoms with E-state index < -0.39 is 34.6 Å². The number of hydrogen-bond donors (Lipinski definition) is 3. The number of benzene rings is 3. The van der Waals surface area contributed by atoms with E-state index in [1.807, 2.05) is 4.90 Å². The van der Waals surface area contributed by atoms with Crippen LogP contribution in [0.4, 0.5) is 20.2 Å². The number of rotatable bonds is 7. The zero-order valence-corrected chi connectivity index (χ0v) is 25.0. The number of nitrogens with two attached hydrogens (primary N) is 1. The molecule has 230 valence electrons. The van der Waals surface area contributed by atoms with Crippen LogP contribution < -0.4 is 11.1 Å². The highest BCUT2D eigenvalue weighted by Gasteiger charge is 2.34. The lowest BCUT2D eigenvalue weighted by atomic mass is 9.84. The zero-order valence-electron chi connectivity index (χ0n) is 23.5. The number of aliphatic imine (C=N–C) groups is 1. The van der Waals surface area contributed by atoms with Crippen LogP contribution in [0.3, 0.4) is 0 Å². The van der Waals surface area contributed by atoms with Crippen LogP contribution in [-0.2, 0) is 16.0 Å². The Balaban J connectivity index is 1.71. The Labute approximate surface area is 263 Å². The summed E-state index contributed by atoms with van der Waals surface area (Å²) in [5.74, 6) is -3.55. The van der Waals surface area contributed by atoms with E-state index in [9.17, 15) is 19.1 Å². The highest BCUT2D eigenvalue weighted by Crippen LogP contribution is 2.37. The van der Waals surface area contributed by atoms with Crippen LogP contribution >= 0.6 is 23.2 Å². The number of carboxylic acids is 1. The van der Waals surface area contributed by atoms with Crippen LogP contribution in [0.2, 0.25) is 10.0 Å². The number of anilines is 2. The second-order valence-corrected chi connectivity index (χ2v) is 11.8. The van der Waals surface area contributed by atoms with Gasteiger partial charge in [-0.1, -0.05) is 41.9 Å². The van der Waals surface area contributed by atoms with E-state index in [2.05, 4.69) is 11.9 Å². The minimum atomic E-state index is -1.16. The molecule has 1 amide bonds. The molecule has 1 fully saturated rings. The number of fused-ring (bicyclic) bond motifs is 1. The van der Waals surface area contributed by atoms with E-state index in [0.29, 0.717) is 34.3 Å². The molecule has 3 aromatic carbocycles. The van der Waals surface area contributed by atoms with Gasteiger partial charge in [0.15, 0.2) is 0 Å². The SMILES string of the molecule is C=COC(=N[C@@H]1CN(CC2CC2)CC(=O)Nc2cc(Cl)ccc2C[C@H]1c1ccc(F)c(Cl)c1F)c1ccc(C(=O)O)cc1N. The standard InChI is InChI=1S/C32H30Cl2F2N4O4/c1-2-44-31(22-8-6-19(32(42)43)12-25(22)37)39-27-15-40(14-17-3-4-17)16-28(41)38-26-13-20(33)7-5-18(26)11-23(27)21-9-10-24(35)29(34)30(21)36/h2,5-10,12-13,17,23,27H,1,3-4,11,14-16,37H2,(H,38,41)(H,42,43)/t23-,27+/m0/s1. The van der Waals surface area contributed by atoms with Gasteiger partial charge in [0, 0.05) is 35.4 Å². The van der Waals surface area contributed by atoms with Crippen LogP contribution in [0, 0.1) is 17.6 Å². The normalized spacial score (nSPS) is 19.5. The first-order valence-corrected chi connectivity index (χ1v) is 14.7. The van der Waals surface area contributed by atoms with Gasteiger partial charge in [0.1, 0.15) is 16.7 Å². The van der Waals surface area contributed by atoms with Gasteiger partial charge in [0.05, 0.1) is 30.0 Å². The van der Waals surface area contributed by atoms with E-state index in [0.717, 1.165) is 25.2 Å². The molecule has 4 N–H and O–H groups in total. The largest absolute Gasteiger partial charge is 0.478 e. The molecule has 0 saturated heterocycles. The van der Waals surface area contributed by atoms with Crippen molar-refractivity contribution >= 4 is 52.4 Å². The third kappa shape index (κ3) is 7.20. The number of carboxylic acid groups (broad SMARTS) is 1. The summed E-state index contributed by atoms with van der Waals surface area (Å²) in [6.45, 7) is 4.48. The van der Waals surface area contributed by atoms with Crippen molar-refractivity contribution in [1.82, 2.24) is 4.90 Å². The number of nitrogens with one attached hydrogen (secondary N) is 1. The Bertz CT molecular complexity index is 1650. The van der Waals surface area contributed by atoms with Crippen molar-refractivity contribution in [2.45, 2.75) is 31.2 Å². The number of carbonyl (C=O) groups excluding carboxylic acids is 1. The number of aromatic carboxylic acids is 1. The molecule has 1 heterocycles. The van der Waals surface area contributed by atoms with Gasteiger partial charge in [0.2, 0.25) is 11.8 Å². The highest BCUT2D eigenvalue weighted by molar-refractivity contribution is 6.31. The van der Waals surface area contributed by atoms with Gasteiger partial charge in [-0.3, -0.25) is 9.69 Å². The minimum Gasteiger partial charge on any atom is -0.478 e. The third-order valence-electron chi connectivity index (χ3n) is 7.75. The van der Waals surface area contributed by atoms with E-state index in [4.69, 9.17) is 38.7 Å². The molecule has 1 aliphatic heterocycles. The number of nitrogens with zero attached hydrogens (tertiary/aromatic N) is 2. The predicted molar refractivity (Wildman–Crippen MR) is 166 cm³/mol. The molecule has 2 atom stereocenters. The van der Waals surface area contributed by atoms with Crippen LogP contribution in [-0.4, -0.2) is 53.5 Å². The number of nitrogen functional groups attached to an aromatic ring is 1. The zero-order chi connectivity index (χ0) is 31.5. The molecule has 1 saturated carbocycles. The molecule has 0 spiro atoms. The van der Waals surface area contributed by atoms with Crippen molar-refractivity contribution in [1.29, 1.82) is 0 Å². The molecule has 8 nitrogen and oxygen atoms in total. The Hall–Kier alpha value is -3.99. The molecule has 0 bridgehead atoms. The van der Waals surface area contributed by atoms with Gasteiger partial charge in [-0.15, -0.1) is 0 Å². The van der Waals surface area contributed by atoms with E-state index in [-0.39, 0.29) is 48.1 Å². The maximum absolute atomic E-state index is 15.8. The average molecular weight is 644 g/mol. The number of halogens is 4. The number of carbonyl (C=O) groups is 2. The van der Waals surface area contributed by atoms with Crippen molar-refractivity contribution in [2.75, 3.05) is 30.7 Å². The summed E-state index contributed by atoms with van der Waals surface area (Å²) in [6.07, 6.45) is 3.35. The molecule has 3 aromatic rings. The molecule has 0 unspecified atom stereocenters. The summed E-state index contributed by atoms with van der Waals surface area (Å²) < 4.78 is 35.9. The first-order valence-electron chi connectivity index (χ1n) is 14.0. The predicted octanol–water partition coefficient (Wildman–Crippen LogP) is 6.52. The lowest BCUT2D eigenvalue weighted by Crippen LogP contribution is -2.42. The highest BCUT2D eigenvalue weighted by atomic mass is 35.5. The average Bonchev–Trinajstić information content (AvgIpc) is 3.79. The van der Waals surface area contributed by atoms with Gasteiger partial charge in [-0.25, -0.2) is 18.6 Å². The van der Waals surface area contributed by atoms with Crippen molar-refractivity contribution in [3.63, 3.8) is 0 Å². The minimum absolute atomic E-state index is 0.0160. The summed E-state index contributed by atoms with van der Waals surface area (Å²) in [7, 11) is 0. The Morgan fingerprint density at radius 2 is 1.95 bits per heavy atom. The summed E-state index contributed by atoms with van der Waals surface area (Å²) in [5, 5.41) is 12.1. The molecular formula is C32H30Cl2F2N4O4. The molecular weight excluding hydrogens is 613 g/mol. The quantitative estimate of drug-likeness (QED) is 0.0888. The molecule has 0 aromatic heterocycles. The fourth-order valence-corrected chi connectivity index (χ4v) is 5.77. The lowest BCUT2D eigenvalue weighted by Gasteiger charge is -2.33. The molecule has 2 aliphatic rings. The number of ether oxygens (including phenoxy) is 1. The van der Waals surface area contributed by atoms with Crippen molar-refractivity contribution in [3.8, 4) is 0 Å². The fourth-order valence-electron chi connectivity index (χ4n) is 5.43. The fraction of sp³-hybridized carbons (Fsp3) is 0.281. The summed E-state index contributed by atoms with van der Waals surface area (Å²) >= 11 is 12.3. The second-order valence-electron chi connectivity index (χ2n) is 11.0. The Morgan fingerprint density at radius 3 is 2.64 bits per heavy atom. The summed E-state index contributed by atoms with van der Waals surface area (Å²) in [4.78, 5) is 31.6. The number of hydrogen-bond acceptors (Lipinski definition) is 6. The molecule has 44 heavy (non-hydrogen) atoms. The maximum atomic E-state index is 15.8. The first-order chi connectivity index (χ1) is 21.0. The Kier molecular flexibility index (Phi) is 9.53. The van der Waals surface area contributed by atoms with Crippen molar-refractivity contribution < 1.29 is 28.2 Å². The van der Waals surface area contributed by atoms with Crippen molar-refractivity contribution in [2.24, 2.45) is 10.9 Å². The van der Waals surface area contributed by atoms with E-state index in [1.165, 1.54) is 24.3 Å². The summed E-state index contributed by atoms with van der Waals surface area (Å²) in [5.41, 5.74) is 7.84. The molecule has 1 aliphatic carbocycles. The van der Waals surface area contributed by atoms with Crippen LogP contribution in [0.15, 0.2) is 66.4 Å².